The molecule has 0 saturated carbocycles. The predicted molar refractivity (Wildman–Crippen MR) is 79.0 cm³/mol. The number of hydrogen-bond donors (Lipinski definition) is 1. The largest absolute Gasteiger partial charge is 0.497 e. The van der Waals surface area contributed by atoms with Crippen molar-refractivity contribution in [3.63, 3.8) is 0 Å². The van der Waals surface area contributed by atoms with Crippen molar-refractivity contribution in [2.75, 3.05) is 7.11 Å². The van der Waals surface area contributed by atoms with E-state index >= 15 is 0 Å². The summed E-state index contributed by atoms with van der Waals surface area (Å²) in [6.07, 6.45) is 0.204. The fraction of sp³-hybridized carbons (Fsp3) is 0.294. The number of methoxy groups -OCH3 is 1. The Morgan fingerprint density at radius 3 is 2.33 bits per heavy atom. The van der Waals surface area contributed by atoms with Gasteiger partial charge in [0.05, 0.1) is 13.2 Å². The average molecular weight is 290 g/mol. The molecule has 2 aromatic rings. The molecular weight excluding hydrogens is 271 g/mol. The smallest absolute Gasteiger partial charge is 0.133 e. The van der Waals surface area contributed by atoms with Gasteiger partial charge in [0.15, 0.2) is 0 Å². The lowest BCUT2D eigenvalue weighted by Crippen LogP contribution is -2.00. The van der Waals surface area contributed by atoms with Gasteiger partial charge >= 0.3 is 0 Å². The minimum atomic E-state index is -0.460. The van der Waals surface area contributed by atoms with Crippen LogP contribution in [0.1, 0.15) is 30.6 Å². The minimum absolute atomic E-state index is 0.144. The lowest BCUT2D eigenvalue weighted by atomic mass is 10.1. The highest BCUT2D eigenvalue weighted by Gasteiger charge is 2.07. The van der Waals surface area contributed by atoms with E-state index in [9.17, 15) is 9.50 Å². The number of rotatable bonds is 6. The molecule has 0 aliphatic rings. The molecule has 2 rings (SSSR count). The predicted octanol–water partition coefficient (Wildman–Crippen LogP) is 3.86. The first-order valence-electron chi connectivity index (χ1n) is 6.87. The Bertz CT molecular complexity index is 581. The van der Waals surface area contributed by atoms with Gasteiger partial charge in [-0.2, -0.15) is 0 Å². The Morgan fingerprint density at radius 2 is 1.76 bits per heavy atom. The average Bonchev–Trinajstić information content (AvgIpc) is 2.53. The molecule has 0 fully saturated rings. The monoisotopic (exact) mass is 290 g/mol. The van der Waals surface area contributed by atoms with Crippen LogP contribution >= 0.6 is 0 Å². The van der Waals surface area contributed by atoms with E-state index < -0.39 is 6.10 Å². The number of aliphatic hydroxyl groups excluding tert-OH is 1. The second-order valence-corrected chi connectivity index (χ2v) is 4.74. The first-order valence-corrected chi connectivity index (χ1v) is 6.87. The van der Waals surface area contributed by atoms with E-state index in [2.05, 4.69) is 0 Å². The van der Waals surface area contributed by atoms with Crippen LogP contribution in [0.5, 0.6) is 11.5 Å². The second-order valence-electron chi connectivity index (χ2n) is 4.74. The third-order valence-electron chi connectivity index (χ3n) is 3.31. The Kier molecular flexibility index (Phi) is 5.17. The van der Waals surface area contributed by atoms with E-state index in [1.54, 1.807) is 24.3 Å². The summed E-state index contributed by atoms with van der Waals surface area (Å²) in [5.74, 6) is 0.763. The molecule has 4 heteroatoms. The molecule has 0 spiro atoms. The van der Waals surface area contributed by atoms with Gasteiger partial charge in [0.2, 0.25) is 0 Å². The van der Waals surface area contributed by atoms with Crippen LogP contribution in [-0.4, -0.2) is 12.2 Å². The molecule has 0 heterocycles. The van der Waals surface area contributed by atoms with Crippen LogP contribution in [0, 0.1) is 5.82 Å². The molecular formula is C17H19FO3. The number of hydrogen-bond acceptors (Lipinski definition) is 3. The normalized spacial score (nSPS) is 12.0. The van der Waals surface area contributed by atoms with Gasteiger partial charge < -0.3 is 14.6 Å². The van der Waals surface area contributed by atoms with Crippen molar-refractivity contribution < 1.29 is 19.0 Å². The van der Waals surface area contributed by atoms with E-state index in [4.69, 9.17) is 9.47 Å². The van der Waals surface area contributed by atoms with Crippen LogP contribution in [0.3, 0.4) is 0 Å². The van der Waals surface area contributed by atoms with Crippen molar-refractivity contribution in [1.29, 1.82) is 0 Å². The first-order chi connectivity index (χ1) is 10.1. The molecule has 112 valence electrons. The van der Waals surface area contributed by atoms with Crippen LogP contribution in [0.15, 0.2) is 42.5 Å². The highest BCUT2D eigenvalue weighted by atomic mass is 19.1. The molecule has 0 aromatic heterocycles. The van der Waals surface area contributed by atoms with Gasteiger partial charge in [0.25, 0.3) is 0 Å². The summed E-state index contributed by atoms with van der Waals surface area (Å²) in [5, 5.41) is 9.71. The number of ether oxygens (including phenoxy) is 2. The van der Waals surface area contributed by atoms with Gasteiger partial charge in [-0.3, -0.25) is 0 Å². The number of benzene rings is 2. The topological polar surface area (TPSA) is 38.7 Å². The first kappa shape index (κ1) is 15.3. The van der Waals surface area contributed by atoms with Crippen molar-refractivity contribution in [3.05, 3.63) is 59.4 Å². The molecule has 1 N–H and O–H groups in total. The van der Waals surface area contributed by atoms with Gasteiger partial charge in [-0.15, -0.1) is 0 Å². The van der Waals surface area contributed by atoms with Gasteiger partial charge in [0.1, 0.15) is 23.9 Å². The van der Waals surface area contributed by atoms with Crippen molar-refractivity contribution in [3.8, 4) is 11.5 Å². The number of aliphatic hydroxyl groups is 1. The van der Waals surface area contributed by atoms with Crippen LogP contribution in [-0.2, 0) is 6.61 Å². The molecule has 0 bridgehead atoms. The van der Waals surface area contributed by atoms with Gasteiger partial charge in [-0.25, -0.2) is 4.39 Å². The summed E-state index contributed by atoms with van der Waals surface area (Å²) < 4.78 is 24.3. The molecule has 2 aromatic carbocycles. The van der Waals surface area contributed by atoms with Crippen LogP contribution < -0.4 is 9.47 Å². The zero-order valence-electron chi connectivity index (χ0n) is 12.2. The maximum absolute atomic E-state index is 13.8. The van der Waals surface area contributed by atoms with E-state index in [1.165, 1.54) is 13.2 Å². The van der Waals surface area contributed by atoms with Crippen LogP contribution in [0.2, 0.25) is 0 Å². The summed E-state index contributed by atoms with van der Waals surface area (Å²) in [4.78, 5) is 0. The quantitative estimate of drug-likeness (QED) is 0.878. The minimum Gasteiger partial charge on any atom is -0.497 e. The fourth-order valence-electron chi connectivity index (χ4n) is 1.96. The maximum Gasteiger partial charge on any atom is 0.133 e. The molecule has 0 unspecified atom stereocenters. The number of halogens is 1. The molecule has 0 aliphatic heterocycles. The molecule has 0 amide bonds. The van der Waals surface area contributed by atoms with E-state index in [-0.39, 0.29) is 12.4 Å². The van der Waals surface area contributed by atoms with Crippen molar-refractivity contribution in [2.45, 2.75) is 26.1 Å². The zero-order valence-corrected chi connectivity index (χ0v) is 12.2. The summed E-state index contributed by atoms with van der Waals surface area (Å²) >= 11 is 0. The van der Waals surface area contributed by atoms with E-state index in [0.717, 1.165) is 5.56 Å². The van der Waals surface area contributed by atoms with Gasteiger partial charge in [-0.05, 0) is 36.2 Å². The summed E-state index contributed by atoms with van der Waals surface area (Å²) in [6.45, 7) is 2.06. The lowest BCUT2D eigenvalue weighted by molar-refractivity contribution is 0.173. The van der Waals surface area contributed by atoms with Crippen LogP contribution in [0.4, 0.5) is 4.39 Å². The molecule has 21 heavy (non-hydrogen) atoms. The zero-order chi connectivity index (χ0) is 15.2. The SMILES string of the molecule is CC[C@H](O)c1ccc(OCc2ccc(OC)cc2F)cc1. The maximum atomic E-state index is 13.8. The van der Waals surface area contributed by atoms with Crippen molar-refractivity contribution >= 4 is 0 Å². The fourth-order valence-corrected chi connectivity index (χ4v) is 1.96. The summed E-state index contributed by atoms with van der Waals surface area (Å²) in [6, 6.07) is 11.8. The van der Waals surface area contributed by atoms with Crippen molar-refractivity contribution in [1.82, 2.24) is 0 Å². The Hall–Kier alpha value is -2.07. The Labute approximate surface area is 124 Å². The Balaban J connectivity index is 1.99. The second kappa shape index (κ2) is 7.09. The summed E-state index contributed by atoms with van der Waals surface area (Å²) in [7, 11) is 1.50. The van der Waals surface area contributed by atoms with E-state index in [1.807, 2.05) is 19.1 Å². The third kappa shape index (κ3) is 3.95. The highest BCUT2D eigenvalue weighted by molar-refractivity contribution is 5.31. The lowest BCUT2D eigenvalue weighted by Gasteiger charge is -2.11. The van der Waals surface area contributed by atoms with E-state index in [0.29, 0.717) is 23.5 Å². The highest BCUT2D eigenvalue weighted by Crippen LogP contribution is 2.22. The third-order valence-corrected chi connectivity index (χ3v) is 3.31. The standard InChI is InChI=1S/C17H19FO3/c1-3-17(19)12-4-7-14(8-5-12)21-11-13-6-9-15(20-2)10-16(13)18/h4-10,17,19H,3,11H2,1-2H3/t17-/m0/s1. The van der Waals surface area contributed by atoms with Crippen molar-refractivity contribution in [2.24, 2.45) is 0 Å². The van der Waals surface area contributed by atoms with Crippen LogP contribution in [0.25, 0.3) is 0 Å². The molecule has 0 radical (unpaired) electrons. The van der Waals surface area contributed by atoms with Gasteiger partial charge in [0, 0.05) is 11.6 Å². The molecule has 0 aliphatic carbocycles. The molecule has 3 nitrogen and oxygen atoms in total. The summed E-state index contributed by atoms with van der Waals surface area (Å²) in [5.41, 5.74) is 1.31. The molecule has 0 saturated heterocycles. The van der Waals surface area contributed by atoms with Gasteiger partial charge in [-0.1, -0.05) is 19.1 Å². The Morgan fingerprint density at radius 1 is 1.10 bits per heavy atom. The molecule has 1 atom stereocenters.